The van der Waals surface area contributed by atoms with Gasteiger partial charge in [-0.2, -0.15) is 0 Å². The molecule has 156 valence electrons. The first-order valence-corrected chi connectivity index (χ1v) is 10.4. The highest BCUT2D eigenvalue weighted by Crippen LogP contribution is 2.26. The molecule has 6 heteroatoms. The topological polar surface area (TPSA) is 74.4 Å². The van der Waals surface area contributed by atoms with Gasteiger partial charge in [0.2, 0.25) is 11.8 Å². The molecule has 0 spiro atoms. The number of carbonyl (C=O) groups is 2. The average molecular weight is 405 g/mol. The van der Waals surface area contributed by atoms with Gasteiger partial charge in [-0.05, 0) is 43.0 Å². The monoisotopic (exact) mass is 405 g/mol. The molecule has 2 aromatic carbocycles. The number of hydrogen-bond acceptors (Lipinski definition) is 3. The molecule has 0 aliphatic carbocycles. The number of nitrogens with zero attached hydrogens (tertiary/aromatic N) is 1. The molecule has 6 nitrogen and oxygen atoms in total. The van der Waals surface area contributed by atoms with Gasteiger partial charge in [-0.25, -0.2) is 0 Å². The van der Waals surface area contributed by atoms with E-state index in [4.69, 9.17) is 4.74 Å². The SMILES string of the molecule is COc1ccccc1NC(=O)[C@@H]1CCCN(C(=O)CCc2c[nH]c3ccccc23)C1. The van der Waals surface area contributed by atoms with Crippen LogP contribution in [0.2, 0.25) is 0 Å². The van der Waals surface area contributed by atoms with E-state index in [2.05, 4.69) is 16.4 Å². The second-order valence-electron chi connectivity index (χ2n) is 7.73. The summed E-state index contributed by atoms with van der Waals surface area (Å²) in [6.45, 7) is 1.18. The molecule has 3 aromatic rings. The molecule has 0 radical (unpaired) electrons. The van der Waals surface area contributed by atoms with Crippen LogP contribution in [0.25, 0.3) is 10.9 Å². The highest BCUT2D eigenvalue weighted by molar-refractivity contribution is 5.94. The fourth-order valence-electron chi connectivity index (χ4n) is 4.14. The number of likely N-dealkylation sites (tertiary alicyclic amines) is 1. The fourth-order valence-corrected chi connectivity index (χ4v) is 4.14. The lowest BCUT2D eigenvalue weighted by molar-refractivity contribution is -0.134. The lowest BCUT2D eigenvalue weighted by atomic mass is 9.96. The summed E-state index contributed by atoms with van der Waals surface area (Å²) >= 11 is 0. The Bertz CT molecular complexity index is 1040. The highest BCUT2D eigenvalue weighted by Gasteiger charge is 2.28. The lowest BCUT2D eigenvalue weighted by Crippen LogP contribution is -2.43. The number of aromatic nitrogens is 1. The van der Waals surface area contributed by atoms with Crippen molar-refractivity contribution in [2.24, 2.45) is 5.92 Å². The maximum atomic E-state index is 12.8. The van der Waals surface area contributed by atoms with Gasteiger partial charge in [-0.1, -0.05) is 30.3 Å². The van der Waals surface area contributed by atoms with Crippen LogP contribution in [0.4, 0.5) is 5.69 Å². The molecule has 0 bridgehead atoms. The summed E-state index contributed by atoms with van der Waals surface area (Å²) in [6.07, 6.45) is 4.74. The smallest absolute Gasteiger partial charge is 0.229 e. The van der Waals surface area contributed by atoms with Crippen molar-refractivity contribution in [3.8, 4) is 5.75 Å². The maximum absolute atomic E-state index is 12.8. The van der Waals surface area contributed by atoms with Crippen LogP contribution in [0.5, 0.6) is 5.75 Å². The third-order valence-corrected chi connectivity index (χ3v) is 5.79. The first-order valence-electron chi connectivity index (χ1n) is 10.4. The van der Waals surface area contributed by atoms with Crippen molar-refractivity contribution >= 4 is 28.4 Å². The Morgan fingerprint density at radius 2 is 1.97 bits per heavy atom. The Morgan fingerprint density at radius 1 is 1.17 bits per heavy atom. The lowest BCUT2D eigenvalue weighted by Gasteiger charge is -2.32. The number of amides is 2. The summed E-state index contributed by atoms with van der Waals surface area (Å²) < 4.78 is 5.31. The van der Waals surface area contributed by atoms with Crippen LogP contribution in [0.3, 0.4) is 0 Å². The summed E-state index contributed by atoms with van der Waals surface area (Å²) in [6, 6.07) is 15.5. The number of nitrogens with one attached hydrogen (secondary N) is 2. The molecule has 1 aliphatic heterocycles. The number of para-hydroxylation sites is 3. The Balaban J connectivity index is 1.35. The van der Waals surface area contributed by atoms with E-state index in [0.717, 1.165) is 29.3 Å². The zero-order valence-corrected chi connectivity index (χ0v) is 17.2. The van der Waals surface area contributed by atoms with Gasteiger partial charge >= 0.3 is 0 Å². The highest BCUT2D eigenvalue weighted by atomic mass is 16.5. The van der Waals surface area contributed by atoms with Gasteiger partial charge in [0, 0.05) is 36.6 Å². The van der Waals surface area contributed by atoms with E-state index in [1.807, 2.05) is 53.6 Å². The molecule has 2 N–H and O–H groups in total. The van der Waals surface area contributed by atoms with Gasteiger partial charge in [0.1, 0.15) is 5.75 Å². The summed E-state index contributed by atoms with van der Waals surface area (Å²) in [5.74, 6) is 0.470. The number of carbonyl (C=O) groups excluding carboxylic acids is 2. The standard InChI is InChI=1S/C24H27N3O3/c1-30-22-11-5-4-10-21(22)26-24(29)18-7-6-14-27(16-18)23(28)13-12-17-15-25-20-9-3-2-8-19(17)20/h2-5,8-11,15,18,25H,6-7,12-14,16H2,1H3,(H,26,29)/t18-/m1/s1. The summed E-state index contributed by atoms with van der Waals surface area (Å²) in [7, 11) is 1.58. The number of aromatic amines is 1. The number of ether oxygens (including phenoxy) is 1. The van der Waals surface area contributed by atoms with Crippen molar-refractivity contribution in [3.05, 3.63) is 60.3 Å². The van der Waals surface area contributed by atoms with Crippen LogP contribution in [-0.2, 0) is 16.0 Å². The molecule has 2 heterocycles. The normalized spacial score (nSPS) is 16.4. The minimum absolute atomic E-state index is 0.0615. The van der Waals surface area contributed by atoms with Crippen molar-refractivity contribution in [2.45, 2.75) is 25.7 Å². The predicted octanol–water partition coefficient (Wildman–Crippen LogP) is 3.99. The van der Waals surface area contributed by atoms with Crippen molar-refractivity contribution in [1.29, 1.82) is 0 Å². The van der Waals surface area contributed by atoms with Crippen molar-refractivity contribution in [2.75, 3.05) is 25.5 Å². The number of aryl methyl sites for hydroxylation is 1. The van der Waals surface area contributed by atoms with Gasteiger partial charge < -0.3 is 19.9 Å². The third kappa shape index (κ3) is 4.32. The van der Waals surface area contributed by atoms with E-state index < -0.39 is 0 Å². The van der Waals surface area contributed by atoms with Crippen LogP contribution < -0.4 is 10.1 Å². The quantitative estimate of drug-likeness (QED) is 0.651. The number of anilines is 1. The summed E-state index contributed by atoms with van der Waals surface area (Å²) in [5.41, 5.74) is 2.90. The van der Waals surface area contributed by atoms with Gasteiger partial charge in [-0.15, -0.1) is 0 Å². The van der Waals surface area contributed by atoms with Crippen LogP contribution in [0.15, 0.2) is 54.7 Å². The Kier molecular flexibility index (Phi) is 6.02. The zero-order chi connectivity index (χ0) is 20.9. The number of methoxy groups -OCH3 is 1. The second kappa shape index (κ2) is 9.03. The molecule has 30 heavy (non-hydrogen) atoms. The van der Waals surface area contributed by atoms with E-state index >= 15 is 0 Å². The number of hydrogen-bond donors (Lipinski definition) is 2. The summed E-state index contributed by atoms with van der Waals surface area (Å²) in [5, 5.41) is 4.12. The van der Waals surface area contributed by atoms with Crippen LogP contribution in [0, 0.1) is 5.92 Å². The zero-order valence-electron chi connectivity index (χ0n) is 17.2. The number of H-pyrrole nitrogens is 1. The molecule has 1 aliphatic rings. The Labute approximate surface area is 176 Å². The number of fused-ring (bicyclic) bond motifs is 1. The van der Waals surface area contributed by atoms with Crippen molar-refractivity contribution < 1.29 is 14.3 Å². The average Bonchev–Trinajstić information content (AvgIpc) is 3.21. The molecule has 2 amide bonds. The van der Waals surface area contributed by atoms with Crippen LogP contribution >= 0.6 is 0 Å². The molecule has 1 aromatic heterocycles. The molecule has 0 unspecified atom stereocenters. The first kappa shape index (κ1) is 20.0. The van der Waals surface area contributed by atoms with Gasteiger partial charge in [-0.3, -0.25) is 9.59 Å². The Hall–Kier alpha value is -3.28. The third-order valence-electron chi connectivity index (χ3n) is 5.79. The van der Waals surface area contributed by atoms with E-state index in [1.54, 1.807) is 7.11 Å². The fraction of sp³-hybridized carbons (Fsp3) is 0.333. The molecule has 1 saturated heterocycles. The largest absolute Gasteiger partial charge is 0.495 e. The van der Waals surface area contributed by atoms with E-state index in [9.17, 15) is 9.59 Å². The number of benzene rings is 2. The van der Waals surface area contributed by atoms with Crippen molar-refractivity contribution in [1.82, 2.24) is 9.88 Å². The van der Waals surface area contributed by atoms with Crippen LogP contribution in [-0.4, -0.2) is 41.9 Å². The minimum atomic E-state index is -0.208. The number of rotatable bonds is 6. The van der Waals surface area contributed by atoms with Gasteiger partial charge in [0.15, 0.2) is 0 Å². The Morgan fingerprint density at radius 3 is 2.83 bits per heavy atom. The maximum Gasteiger partial charge on any atom is 0.229 e. The second-order valence-corrected chi connectivity index (χ2v) is 7.73. The molecule has 0 saturated carbocycles. The number of piperidine rings is 1. The van der Waals surface area contributed by atoms with E-state index in [-0.39, 0.29) is 17.7 Å². The van der Waals surface area contributed by atoms with Crippen LogP contribution in [0.1, 0.15) is 24.8 Å². The predicted molar refractivity (Wildman–Crippen MR) is 118 cm³/mol. The van der Waals surface area contributed by atoms with E-state index in [1.165, 1.54) is 0 Å². The molecular formula is C24H27N3O3. The molecule has 1 fully saturated rings. The molecule has 1 atom stereocenters. The van der Waals surface area contributed by atoms with E-state index in [0.29, 0.717) is 37.4 Å². The molecular weight excluding hydrogens is 378 g/mol. The van der Waals surface area contributed by atoms with Crippen molar-refractivity contribution in [3.63, 3.8) is 0 Å². The van der Waals surface area contributed by atoms with Gasteiger partial charge in [0.25, 0.3) is 0 Å². The molecule has 4 rings (SSSR count). The summed E-state index contributed by atoms with van der Waals surface area (Å²) in [4.78, 5) is 30.7. The van der Waals surface area contributed by atoms with Gasteiger partial charge in [0.05, 0.1) is 18.7 Å². The first-order chi connectivity index (χ1) is 14.7. The minimum Gasteiger partial charge on any atom is -0.495 e.